The third kappa shape index (κ3) is 4.33. The Morgan fingerprint density at radius 1 is 1.17 bits per heavy atom. The summed E-state index contributed by atoms with van der Waals surface area (Å²) in [6.07, 6.45) is 5.23. The Morgan fingerprint density at radius 2 is 1.89 bits per heavy atom. The number of hydrogen-bond acceptors (Lipinski definition) is 5. The van der Waals surface area contributed by atoms with Crippen molar-refractivity contribution in [2.24, 2.45) is 5.92 Å². The number of aromatic nitrogens is 3. The van der Waals surface area contributed by atoms with E-state index < -0.39 is 11.9 Å². The number of benzene rings is 1. The number of nitrogens with zero attached hydrogens (tertiary/aromatic N) is 2. The molecule has 0 amide bonds. The van der Waals surface area contributed by atoms with Crippen LogP contribution in [0.25, 0.3) is 33.3 Å². The zero-order chi connectivity index (χ0) is 24.7. The van der Waals surface area contributed by atoms with E-state index in [-0.39, 0.29) is 18.8 Å². The van der Waals surface area contributed by atoms with Crippen molar-refractivity contribution in [1.82, 2.24) is 15.1 Å². The molecule has 0 bridgehead atoms. The second kappa shape index (κ2) is 8.91. The maximum Gasteiger partial charge on any atom is 0.337 e. The lowest BCUT2D eigenvalue weighted by molar-refractivity contribution is -0.0456. The molecule has 1 fully saturated rings. The number of aromatic amines is 1. The lowest BCUT2D eigenvalue weighted by Gasteiger charge is -2.28. The van der Waals surface area contributed by atoms with Crippen LogP contribution in [0.1, 0.15) is 53.1 Å². The minimum absolute atomic E-state index is 0.0743. The molecule has 0 atom stereocenters. The van der Waals surface area contributed by atoms with E-state index in [1.807, 2.05) is 38.4 Å². The molecule has 3 heterocycles. The topological polar surface area (TPSA) is 81.0 Å². The molecule has 1 saturated carbocycles. The number of carbonyl (C=O) groups excluding carboxylic acids is 1. The Labute approximate surface area is 201 Å². The lowest BCUT2D eigenvalue weighted by atomic mass is 9.81. The largest absolute Gasteiger partial charge is 0.465 e. The highest BCUT2D eigenvalue weighted by Gasteiger charge is 2.35. The molecule has 0 aliphatic heterocycles. The number of nitrogens with one attached hydrogen (secondary N) is 1. The first-order valence-corrected chi connectivity index (χ1v) is 11.8. The number of esters is 1. The van der Waals surface area contributed by atoms with Crippen molar-refractivity contribution in [3.05, 3.63) is 59.2 Å². The number of H-pyrrole nitrogens is 1. The zero-order valence-electron chi connectivity index (χ0n) is 20.0. The summed E-state index contributed by atoms with van der Waals surface area (Å²) in [5.74, 6) is -2.10. The first-order valence-electron chi connectivity index (χ1n) is 11.8. The molecule has 4 aromatic rings. The molecule has 1 aliphatic carbocycles. The molecule has 1 N–H and O–H groups in total. The minimum Gasteiger partial charge on any atom is -0.465 e. The van der Waals surface area contributed by atoms with Gasteiger partial charge in [0.2, 0.25) is 5.92 Å². The fraction of sp³-hybridized carbons (Fsp3) is 0.370. The van der Waals surface area contributed by atoms with Crippen molar-refractivity contribution in [2.75, 3.05) is 7.11 Å². The van der Waals surface area contributed by atoms with Crippen LogP contribution in [-0.4, -0.2) is 34.1 Å². The molecule has 3 aromatic heterocycles. The molecule has 0 unspecified atom stereocenters. The van der Waals surface area contributed by atoms with E-state index >= 15 is 0 Å². The molecule has 8 heteroatoms. The maximum atomic E-state index is 13.8. The van der Waals surface area contributed by atoms with E-state index in [9.17, 15) is 13.6 Å². The van der Waals surface area contributed by atoms with Gasteiger partial charge >= 0.3 is 5.97 Å². The molecule has 0 spiro atoms. The van der Waals surface area contributed by atoms with Crippen LogP contribution in [0.3, 0.4) is 0 Å². The van der Waals surface area contributed by atoms with Crippen LogP contribution in [0, 0.1) is 19.8 Å². The normalized spacial score (nSPS) is 16.0. The number of fused-ring (bicyclic) bond motifs is 1. The predicted octanol–water partition coefficient (Wildman–Crippen LogP) is 6.66. The number of hydrogen-bond donors (Lipinski definition) is 1. The van der Waals surface area contributed by atoms with Gasteiger partial charge in [-0.1, -0.05) is 17.3 Å². The molecular formula is C27H27F2N3O3. The zero-order valence-corrected chi connectivity index (χ0v) is 20.0. The number of rotatable bonds is 5. The van der Waals surface area contributed by atoms with Gasteiger partial charge in [-0.25, -0.2) is 13.6 Å². The fourth-order valence-corrected chi connectivity index (χ4v) is 5.13. The summed E-state index contributed by atoms with van der Waals surface area (Å²) < 4.78 is 37.8. The van der Waals surface area contributed by atoms with Gasteiger partial charge < -0.3 is 14.2 Å². The van der Waals surface area contributed by atoms with Crippen LogP contribution >= 0.6 is 0 Å². The minimum atomic E-state index is -2.56. The van der Waals surface area contributed by atoms with Crippen molar-refractivity contribution >= 4 is 17.0 Å². The fourth-order valence-electron chi connectivity index (χ4n) is 5.13. The second-order valence-electron chi connectivity index (χ2n) is 9.35. The quantitative estimate of drug-likeness (QED) is 0.324. The van der Waals surface area contributed by atoms with Gasteiger partial charge in [-0.15, -0.1) is 0 Å². The summed E-state index contributed by atoms with van der Waals surface area (Å²) >= 11 is 0. The van der Waals surface area contributed by atoms with Gasteiger partial charge in [-0.05, 0) is 62.3 Å². The van der Waals surface area contributed by atoms with Gasteiger partial charge in [-0.3, -0.25) is 4.98 Å². The monoisotopic (exact) mass is 479 g/mol. The van der Waals surface area contributed by atoms with E-state index in [0.29, 0.717) is 30.6 Å². The maximum absolute atomic E-state index is 13.8. The smallest absolute Gasteiger partial charge is 0.337 e. The standard InChI is InChI=1S/C27H27F2N3O3/c1-15-23(16(2)35-32-15)22-14-31-25-21(18-4-6-19(7-5-18)26(33)34-3)13-30-24(25)20(22)12-17-8-10-27(28,29)11-9-17/h4-7,13-14,17,30H,8-12H2,1-3H3. The number of halogens is 2. The van der Waals surface area contributed by atoms with Crippen LogP contribution < -0.4 is 0 Å². The van der Waals surface area contributed by atoms with Gasteiger partial charge in [0, 0.05) is 41.9 Å². The molecule has 35 heavy (non-hydrogen) atoms. The van der Waals surface area contributed by atoms with Crippen molar-refractivity contribution < 1.29 is 22.8 Å². The Kier molecular flexibility index (Phi) is 5.91. The number of carbonyl (C=O) groups is 1. The van der Waals surface area contributed by atoms with Crippen LogP contribution in [0.4, 0.5) is 8.78 Å². The Balaban J connectivity index is 1.59. The van der Waals surface area contributed by atoms with E-state index in [1.165, 1.54) is 7.11 Å². The molecule has 1 aliphatic rings. The van der Waals surface area contributed by atoms with E-state index in [0.717, 1.165) is 44.5 Å². The molecule has 5 rings (SSSR count). The van der Waals surface area contributed by atoms with Gasteiger partial charge in [0.25, 0.3) is 0 Å². The van der Waals surface area contributed by atoms with E-state index in [1.54, 1.807) is 12.1 Å². The Bertz CT molecular complexity index is 1360. The van der Waals surface area contributed by atoms with Crippen molar-refractivity contribution in [2.45, 2.75) is 51.9 Å². The third-order valence-electron chi connectivity index (χ3n) is 7.05. The third-order valence-corrected chi connectivity index (χ3v) is 7.05. The van der Waals surface area contributed by atoms with Gasteiger partial charge in [0.15, 0.2) is 0 Å². The first kappa shape index (κ1) is 23.2. The van der Waals surface area contributed by atoms with Gasteiger partial charge in [0.05, 0.1) is 29.4 Å². The molecular weight excluding hydrogens is 452 g/mol. The summed E-state index contributed by atoms with van der Waals surface area (Å²) in [5, 5.41) is 4.11. The SMILES string of the molecule is COC(=O)c1ccc(-c2c[nH]c3c(CC4CCC(F)(F)CC4)c(-c4c(C)noc4C)cnc23)cc1. The van der Waals surface area contributed by atoms with Crippen molar-refractivity contribution in [3.63, 3.8) is 0 Å². The number of pyridine rings is 1. The van der Waals surface area contributed by atoms with Crippen molar-refractivity contribution in [3.8, 4) is 22.3 Å². The van der Waals surface area contributed by atoms with Crippen LogP contribution in [0.5, 0.6) is 0 Å². The molecule has 1 aromatic carbocycles. The number of aryl methyl sites for hydroxylation is 2. The molecule has 182 valence electrons. The average molecular weight is 480 g/mol. The van der Waals surface area contributed by atoms with Gasteiger partial charge in [-0.2, -0.15) is 0 Å². The first-order chi connectivity index (χ1) is 16.8. The molecule has 0 radical (unpaired) electrons. The molecule has 0 saturated heterocycles. The second-order valence-corrected chi connectivity index (χ2v) is 9.35. The number of methoxy groups -OCH3 is 1. The highest BCUT2D eigenvalue weighted by molar-refractivity contribution is 5.98. The summed E-state index contributed by atoms with van der Waals surface area (Å²) in [5.41, 5.74) is 7.58. The molecule has 6 nitrogen and oxygen atoms in total. The van der Waals surface area contributed by atoms with Crippen molar-refractivity contribution in [1.29, 1.82) is 0 Å². The number of ether oxygens (including phenoxy) is 1. The average Bonchev–Trinajstić information content (AvgIpc) is 3.43. The highest BCUT2D eigenvalue weighted by Crippen LogP contribution is 2.41. The van der Waals surface area contributed by atoms with Crippen LogP contribution in [0.2, 0.25) is 0 Å². The van der Waals surface area contributed by atoms with Crippen LogP contribution in [0.15, 0.2) is 41.2 Å². The van der Waals surface area contributed by atoms with Gasteiger partial charge in [0.1, 0.15) is 5.76 Å². The lowest BCUT2D eigenvalue weighted by Crippen LogP contribution is -2.25. The Hall–Kier alpha value is -3.55. The summed E-state index contributed by atoms with van der Waals surface area (Å²) in [6, 6.07) is 7.17. The van der Waals surface area contributed by atoms with Crippen LogP contribution in [-0.2, 0) is 11.2 Å². The predicted molar refractivity (Wildman–Crippen MR) is 128 cm³/mol. The highest BCUT2D eigenvalue weighted by atomic mass is 19.3. The summed E-state index contributed by atoms with van der Waals surface area (Å²) in [7, 11) is 1.35. The van der Waals surface area contributed by atoms with E-state index in [2.05, 4.69) is 10.1 Å². The number of alkyl halides is 2. The van der Waals surface area contributed by atoms with E-state index in [4.69, 9.17) is 14.2 Å². The summed E-state index contributed by atoms with van der Waals surface area (Å²) in [4.78, 5) is 20.0. The Morgan fingerprint density at radius 3 is 2.51 bits per heavy atom. The summed E-state index contributed by atoms with van der Waals surface area (Å²) in [6.45, 7) is 3.76.